The summed E-state index contributed by atoms with van der Waals surface area (Å²) in [5, 5.41) is 5.37. The van der Waals surface area contributed by atoms with Crippen molar-refractivity contribution in [1.82, 2.24) is 10.2 Å². The second kappa shape index (κ2) is 6.92. The van der Waals surface area contributed by atoms with Gasteiger partial charge in [-0.2, -0.15) is 0 Å². The monoisotopic (exact) mass is 386 g/mol. The van der Waals surface area contributed by atoms with Crippen LogP contribution in [0.4, 0.5) is 0 Å². The lowest BCUT2D eigenvalue weighted by atomic mass is 10.1. The number of nitrogens with one attached hydrogen (secondary N) is 1. The molecule has 1 aromatic heterocycles. The van der Waals surface area contributed by atoms with Gasteiger partial charge in [-0.15, -0.1) is 23.7 Å². The molecule has 0 unspecified atom stereocenters. The highest BCUT2D eigenvalue weighted by molar-refractivity contribution is 9.11. The molecule has 1 aliphatic rings. The maximum absolute atomic E-state index is 12.5. The summed E-state index contributed by atoms with van der Waals surface area (Å²) in [6, 6.07) is 8.05. The largest absolute Gasteiger partial charge is 0.337 e. The van der Waals surface area contributed by atoms with Crippen LogP contribution in [0.1, 0.15) is 27.0 Å². The number of rotatable bonds is 3. The summed E-state index contributed by atoms with van der Waals surface area (Å²) in [4.78, 5) is 14.2. The highest BCUT2D eigenvalue weighted by Crippen LogP contribution is 2.22. The lowest BCUT2D eigenvalue weighted by Gasteiger charge is -2.17. The summed E-state index contributed by atoms with van der Waals surface area (Å²) in [5.41, 5.74) is 4.46. The van der Waals surface area contributed by atoms with Crippen LogP contribution in [0.3, 0.4) is 0 Å². The first-order valence-corrected chi connectivity index (χ1v) is 8.11. The molecule has 2 heterocycles. The maximum atomic E-state index is 12.5. The molecule has 1 aliphatic heterocycles. The van der Waals surface area contributed by atoms with Gasteiger partial charge in [0, 0.05) is 32.2 Å². The van der Waals surface area contributed by atoms with Gasteiger partial charge in [-0.05, 0) is 56.2 Å². The van der Waals surface area contributed by atoms with Crippen LogP contribution in [-0.4, -0.2) is 17.9 Å². The fraction of sp³-hybridized carbons (Fsp3) is 0.267. The van der Waals surface area contributed by atoms with Crippen molar-refractivity contribution in [3.8, 4) is 0 Å². The Morgan fingerprint density at radius 1 is 1.33 bits per heavy atom. The van der Waals surface area contributed by atoms with Crippen LogP contribution in [0.15, 0.2) is 33.4 Å². The standard InChI is InChI=1S/C15H15BrN2OS.ClH/c1-18(8-10-4-14(16)20-9-10)15(19)11-2-3-12-6-17-7-13(12)5-11;/h2-5,9,17H,6-8H2,1H3;1H. The Kier molecular flexibility index (Phi) is 5.43. The van der Waals surface area contributed by atoms with Crippen molar-refractivity contribution >= 4 is 45.6 Å². The van der Waals surface area contributed by atoms with Crippen molar-refractivity contribution in [3.63, 3.8) is 0 Å². The number of halogens is 2. The number of carbonyl (C=O) groups excluding carboxylic acids is 1. The first-order chi connectivity index (χ1) is 9.63. The summed E-state index contributed by atoms with van der Waals surface area (Å²) >= 11 is 5.09. The van der Waals surface area contributed by atoms with Crippen molar-refractivity contribution in [2.75, 3.05) is 7.05 Å². The van der Waals surface area contributed by atoms with E-state index in [2.05, 4.69) is 38.8 Å². The van der Waals surface area contributed by atoms with Crippen LogP contribution in [-0.2, 0) is 19.6 Å². The molecule has 21 heavy (non-hydrogen) atoms. The molecule has 0 atom stereocenters. The Balaban J connectivity index is 0.00000161. The van der Waals surface area contributed by atoms with E-state index in [1.165, 1.54) is 11.1 Å². The highest BCUT2D eigenvalue weighted by atomic mass is 79.9. The third kappa shape index (κ3) is 3.66. The number of fused-ring (bicyclic) bond motifs is 1. The van der Waals surface area contributed by atoms with E-state index in [0.717, 1.165) is 28.0 Å². The van der Waals surface area contributed by atoms with Crippen molar-refractivity contribution in [1.29, 1.82) is 0 Å². The molecular weight excluding hydrogens is 372 g/mol. The molecule has 2 aromatic rings. The van der Waals surface area contributed by atoms with Crippen LogP contribution in [0, 0.1) is 0 Å². The first kappa shape index (κ1) is 16.5. The molecule has 0 fully saturated rings. The van der Waals surface area contributed by atoms with E-state index < -0.39 is 0 Å². The molecule has 3 nitrogen and oxygen atoms in total. The van der Waals surface area contributed by atoms with Gasteiger partial charge in [0.15, 0.2) is 0 Å². The van der Waals surface area contributed by atoms with E-state index in [0.29, 0.717) is 6.54 Å². The number of nitrogens with zero attached hydrogens (tertiary/aromatic N) is 1. The summed E-state index contributed by atoms with van der Waals surface area (Å²) < 4.78 is 1.09. The average Bonchev–Trinajstić information content (AvgIpc) is 3.05. The van der Waals surface area contributed by atoms with Gasteiger partial charge in [-0.3, -0.25) is 4.79 Å². The molecule has 1 aromatic carbocycles. The zero-order valence-electron chi connectivity index (χ0n) is 11.6. The SMILES string of the molecule is CN(Cc1csc(Br)c1)C(=O)c1ccc2c(c1)CNC2.Cl. The van der Waals surface area contributed by atoms with Gasteiger partial charge >= 0.3 is 0 Å². The predicted molar refractivity (Wildman–Crippen MR) is 92.1 cm³/mol. The molecule has 0 spiro atoms. The Hall–Kier alpha value is -0.880. The number of hydrogen-bond donors (Lipinski definition) is 1. The van der Waals surface area contributed by atoms with Crippen LogP contribution >= 0.6 is 39.7 Å². The smallest absolute Gasteiger partial charge is 0.253 e. The molecule has 6 heteroatoms. The van der Waals surface area contributed by atoms with Gasteiger partial charge in [0.2, 0.25) is 0 Å². The number of thiophene rings is 1. The maximum Gasteiger partial charge on any atom is 0.253 e. The number of benzene rings is 1. The fourth-order valence-electron chi connectivity index (χ4n) is 2.42. The Morgan fingerprint density at radius 2 is 2.10 bits per heavy atom. The topological polar surface area (TPSA) is 32.3 Å². The second-order valence-corrected chi connectivity index (χ2v) is 7.30. The van der Waals surface area contributed by atoms with Crippen molar-refractivity contribution in [3.05, 3.63) is 55.7 Å². The third-order valence-corrected chi connectivity index (χ3v) is 5.03. The lowest BCUT2D eigenvalue weighted by molar-refractivity contribution is 0.0785. The summed E-state index contributed by atoms with van der Waals surface area (Å²) in [5.74, 6) is 0.0713. The van der Waals surface area contributed by atoms with Gasteiger partial charge in [0.1, 0.15) is 0 Å². The summed E-state index contributed by atoms with van der Waals surface area (Å²) in [6.07, 6.45) is 0. The van der Waals surface area contributed by atoms with Crippen LogP contribution in [0.25, 0.3) is 0 Å². The van der Waals surface area contributed by atoms with Crippen LogP contribution < -0.4 is 5.32 Å². The lowest BCUT2D eigenvalue weighted by Crippen LogP contribution is -2.26. The van der Waals surface area contributed by atoms with E-state index in [9.17, 15) is 4.79 Å². The molecule has 3 rings (SSSR count). The molecule has 0 saturated carbocycles. The van der Waals surface area contributed by atoms with Gasteiger partial charge < -0.3 is 10.2 Å². The van der Waals surface area contributed by atoms with Gasteiger partial charge in [0.25, 0.3) is 5.91 Å². The molecule has 0 radical (unpaired) electrons. The Labute approximate surface area is 142 Å². The molecule has 0 saturated heterocycles. The van der Waals surface area contributed by atoms with E-state index in [-0.39, 0.29) is 18.3 Å². The third-order valence-electron chi connectivity index (χ3n) is 3.47. The minimum absolute atomic E-state index is 0. The summed E-state index contributed by atoms with van der Waals surface area (Å²) in [7, 11) is 1.85. The summed E-state index contributed by atoms with van der Waals surface area (Å²) in [6.45, 7) is 2.40. The molecule has 0 aliphatic carbocycles. The Morgan fingerprint density at radius 3 is 2.81 bits per heavy atom. The molecule has 0 bridgehead atoms. The number of hydrogen-bond acceptors (Lipinski definition) is 3. The second-order valence-electron chi connectivity index (χ2n) is 5.01. The quantitative estimate of drug-likeness (QED) is 0.868. The molecule has 112 valence electrons. The van der Waals surface area contributed by atoms with Crippen LogP contribution in [0.5, 0.6) is 0 Å². The van der Waals surface area contributed by atoms with Crippen molar-refractivity contribution < 1.29 is 4.79 Å². The van der Waals surface area contributed by atoms with E-state index >= 15 is 0 Å². The minimum atomic E-state index is 0. The zero-order valence-corrected chi connectivity index (χ0v) is 14.8. The normalized spacial score (nSPS) is 12.7. The average molecular weight is 388 g/mol. The molecule has 1 N–H and O–H groups in total. The van der Waals surface area contributed by atoms with Gasteiger partial charge in [-0.25, -0.2) is 0 Å². The molecule has 1 amide bonds. The minimum Gasteiger partial charge on any atom is -0.337 e. The Bertz CT molecular complexity index is 659. The molecular formula is C15H16BrClN2OS. The van der Waals surface area contributed by atoms with E-state index in [1.807, 2.05) is 19.2 Å². The number of amides is 1. The van der Waals surface area contributed by atoms with Crippen molar-refractivity contribution in [2.24, 2.45) is 0 Å². The van der Waals surface area contributed by atoms with E-state index in [1.54, 1.807) is 16.2 Å². The fourth-order valence-corrected chi connectivity index (χ4v) is 3.62. The van der Waals surface area contributed by atoms with Crippen LogP contribution in [0.2, 0.25) is 0 Å². The van der Waals surface area contributed by atoms with Crippen molar-refractivity contribution in [2.45, 2.75) is 19.6 Å². The van der Waals surface area contributed by atoms with E-state index in [4.69, 9.17) is 0 Å². The highest BCUT2D eigenvalue weighted by Gasteiger charge is 2.16. The van der Waals surface area contributed by atoms with Gasteiger partial charge in [-0.1, -0.05) is 6.07 Å². The predicted octanol–water partition coefficient (Wildman–Crippen LogP) is 3.81. The zero-order chi connectivity index (χ0) is 14.1. The first-order valence-electron chi connectivity index (χ1n) is 6.44. The number of carbonyl (C=O) groups is 1. The van der Waals surface area contributed by atoms with Gasteiger partial charge in [0.05, 0.1) is 3.79 Å².